The molecule has 0 aromatic heterocycles. The first-order valence-corrected chi connectivity index (χ1v) is 8.05. The van der Waals surface area contributed by atoms with E-state index in [1.165, 1.54) is 5.69 Å². The van der Waals surface area contributed by atoms with Gasteiger partial charge in [-0.1, -0.05) is 6.42 Å². The van der Waals surface area contributed by atoms with E-state index in [1.54, 1.807) is 0 Å². The third-order valence-electron chi connectivity index (χ3n) is 4.35. The number of benzene rings is 1. The van der Waals surface area contributed by atoms with Crippen LogP contribution in [-0.4, -0.2) is 25.0 Å². The molecule has 1 aliphatic carbocycles. The van der Waals surface area contributed by atoms with Crippen LogP contribution in [0.2, 0.25) is 0 Å². The van der Waals surface area contributed by atoms with Gasteiger partial charge in [0, 0.05) is 36.4 Å². The number of nitrogens with one attached hydrogen (secondary N) is 1. The second-order valence-electron chi connectivity index (χ2n) is 5.83. The van der Waals surface area contributed by atoms with E-state index in [1.807, 2.05) is 12.1 Å². The van der Waals surface area contributed by atoms with Gasteiger partial charge in [0.05, 0.1) is 0 Å². The summed E-state index contributed by atoms with van der Waals surface area (Å²) in [6.07, 6.45) is 3.86. The minimum absolute atomic E-state index is 0.0659. The lowest BCUT2D eigenvalue weighted by molar-refractivity contribution is -0.120. The average Bonchev–Trinajstić information content (AvgIpc) is 2.50. The van der Waals surface area contributed by atoms with Gasteiger partial charge in [0.15, 0.2) is 0 Å². The molecule has 0 aliphatic heterocycles. The largest absolute Gasteiger partial charge is 0.372 e. The van der Waals surface area contributed by atoms with Crippen molar-refractivity contribution in [3.8, 4) is 0 Å². The lowest BCUT2D eigenvalue weighted by atomic mass is 9.85. The van der Waals surface area contributed by atoms with Crippen molar-refractivity contribution in [1.29, 1.82) is 0 Å². The summed E-state index contributed by atoms with van der Waals surface area (Å²) in [5.41, 5.74) is 8.02. The number of hydrogen-bond acceptors (Lipinski definition) is 3. The van der Waals surface area contributed by atoms with Crippen LogP contribution in [0.3, 0.4) is 0 Å². The van der Waals surface area contributed by atoms with Gasteiger partial charge >= 0.3 is 0 Å². The molecule has 0 heterocycles. The third-order valence-corrected chi connectivity index (χ3v) is 4.35. The highest BCUT2D eigenvalue weighted by molar-refractivity contribution is 5.92. The number of rotatable bonds is 5. The van der Waals surface area contributed by atoms with Crippen molar-refractivity contribution in [2.75, 3.05) is 23.3 Å². The van der Waals surface area contributed by atoms with Crippen LogP contribution >= 0.6 is 0 Å². The first-order valence-electron chi connectivity index (χ1n) is 8.05. The molecule has 116 valence electrons. The predicted molar refractivity (Wildman–Crippen MR) is 88.6 cm³/mol. The maximum Gasteiger partial charge on any atom is 0.227 e. The Morgan fingerprint density at radius 3 is 2.48 bits per heavy atom. The van der Waals surface area contributed by atoms with Gasteiger partial charge in [-0.3, -0.25) is 4.79 Å². The van der Waals surface area contributed by atoms with E-state index in [4.69, 9.17) is 5.73 Å². The second-order valence-corrected chi connectivity index (χ2v) is 5.83. The van der Waals surface area contributed by atoms with Gasteiger partial charge in [0.25, 0.3) is 0 Å². The third kappa shape index (κ3) is 4.21. The fourth-order valence-corrected chi connectivity index (χ4v) is 3.05. The van der Waals surface area contributed by atoms with E-state index >= 15 is 0 Å². The smallest absolute Gasteiger partial charge is 0.227 e. The fourth-order valence-electron chi connectivity index (χ4n) is 3.05. The van der Waals surface area contributed by atoms with Crippen molar-refractivity contribution in [1.82, 2.24) is 0 Å². The van der Waals surface area contributed by atoms with Crippen LogP contribution in [0.5, 0.6) is 0 Å². The van der Waals surface area contributed by atoms with Crippen molar-refractivity contribution in [3.63, 3.8) is 0 Å². The molecule has 4 heteroatoms. The molecule has 3 N–H and O–H groups in total. The quantitative estimate of drug-likeness (QED) is 0.876. The van der Waals surface area contributed by atoms with Crippen LogP contribution in [0.25, 0.3) is 0 Å². The number of nitrogens with two attached hydrogens (primary N) is 1. The van der Waals surface area contributed by atoms with Crippen LogP contribution in [0, 0.1) is 5.92 Å². The van der Waals surface area contributed by atoms with E-state index in [-0.39, 0.29) is 17.9 Å². The molecular formula is C17H27N3O. The molecule has 1 aromatic carbocycles. The SMILES string of the molecule is CCN(CC)c1ccc(NC(=O)C2CCCC(N)C2)cc1. The molecule has 1 saturated carbocycles. The summed E-state index contributed by atoms with van der Waals surface area (Å²) in [6.45, 7) is 6.27. The van der Waals surface area contributed by atoms with E-state index in [0.29, 0.717) is 0 Å². The zero-order valence-corrected chi connectivity index (χ0v) is 13.1. The first kappa shape index (κ1) is 15.8. The Morgan fingerprint density at radius 2 is 1.90 bits per heavy atom. The Balaban J connectivity index is 1.95. The molecule has 2 atom stereocenters. The van der Waals surface area contributed by atoms with Gasteiger partial charge < -0.3 is 16.0 Å². The maximum absolute atomic E-state index is 12.3. The molecule has 0 saturated heterocycles. The highest BCUT2D eigenvalue weighted by atomic mass is 16.1. The zero-order chi connectivity index (χ0) is 15.2. The van der Waals surface area contributed by atoms with E-state index in [2.05, 4.69) is 36.2 Å². The van der Waals surface area contributed by atoms with Gasteiger partial charge in [-0.25, -0.2) is 0 Å². The normalized spacial score (nSPS) is 21.9. The molecule has 2 unspecified atom stereocenters. The maximum atomic E-state index is 12.3. The van der Waals surface area contributed by atoms with E-state index in [0.717, 1.165) is 44.5 Å². The summed E-state index contributed by atoms with van der Waals surface area (Å²) in [7, 11) is 0. The minimum atomic E-state index is 0.0659. The number of carbonyl (C=O) groups is 1. The molecule has 0 radical (unpaired) electrons. The predicted octanol–water partition coefficient (Wildman–Crippen LogP) is 2.99. The summed E-state index contributed by atoms with van der Waals surface area (Å²) >= 11 is 0. The topological polar surface area (TPSA) is 58.4 Å². The number of hydrogen-bond donors (Lipinski definition) is 2. The van der Waals surface area contributed by atoms with Crippen molar-refractivity contribution < 1.29 is 4.79 Å². The lowest BCUT2D eigenvalue weighted by Crippen LogP contribution is -2.34. The van der Waals surface area contributed by atoms with Crippen LogP contribution in [-0.2, 0) is 4.79 Å². The van der Waals surface area contributed by atoms with Crippen LogP contribution in [0.1, 0.15) is 39.5 Å². The number of nitrogens with zero attached hydrogens (tertiary/aromatic N) is 1. The van der Waals surface area contributed by atoms with Gasteiger partial charge in [-0.2, -0.15) is 0 Å². The first-order chi connectivity index (χ1) is 10.1. The summed E-state index contributed by atoms with van der Waals surface area (Å²) in [6, 6.07) is 8.27. The molecular weight excluding hydrogens is 262 g/mol. The molecule has 4 nitrogen and oxygen atoms in total. The monoisotopic (exact) mass is 289 g/mol. The van der Waals surface area contributed by atoms with Crippen molar-refractivity contribution in [3.05, 3.63) is 24.3 Å². The van der Waals surface area contributed by atoms with Crippen LogP contribution in [0.15, 0.2) is 24.3 Å². The van der Waals surface area contributed by atoms with E-state index < -0.39 is 0 Å². The van der Waals surface area contributed by atoms with Crippen molar-refractivity contribution in [2.24, 2.45) is 11.7 Å². The van der Waals surface area contributed by atoms with Gasteiger partial charge in [0.1, 0.15) is 0 Å². The van der Waals surface area contributed by atoms with Gasteiger partial charge in [-0.05, 0) is 57.4 Å². The molecule has 1 amide bonds. The van der Waals surface area contributed by atoms with Crippen LogP contribution < -0.4 is 16.0 Å². The molecule has 0 spiro atoms. The molecule has 1 aliphatic rings. The molecule has 1 aromatic rings. The highest BCUT2D eigenvalue weighted by Gasteiger charge is 2.25. The number of carbonyl (C=O) groups excluding carboxylic acids is 1. The number of anilines is 2. The minimum Gasteiger partial charge on any atom is -0.372 e. The zero-order valence-electron chi connectivity index (χ0n) is 13.1. The Labute approximate surface area is 127 Å². The van der Waals surface area contributed by atoms with Gasteiger partial charge in [0.2, 0.25) is 5.91 Å². The molecule has 1 fully saturated rings. The standard InChI is InChI=1S/C17H27N3O/c1-3-20(4-2)16-10-8-15(9-11-16)19-17(21)13-6-5-7-14(18)12-13/h8-11,13-14H,3-7,12,18H2,1-2H3,(H,19,21). The van der Waals surface area contributed by atoms with Gasteiger partial charge in [-0.15, -0.1) is 0 Å². The molecule has 0 bridgehead atoms. The second kappa shape index (κ2) is 7.46. The average molecular weight is 289 g/mol. The Hall–Kier alpha value is -1.55. The summed E-state index contributed by atoms with van der Waals surface area (Å²) in [5.74, 6) is 0.178. The van der Waals surface area contributed by atoms with E-state index in [9.17, 15) is 4.79 Å². The Morgan fingerprint density at radius 1 is 1.24 bits per heavy atom. The highest BCUT2D eigenvalue weighted by Crippen LogP contribution is 2.25. The summed E-state index contributed by atoms with van der Waals surface area (Å²) in [4.78, 5) is 14.6. The fraction of sp³-hybridized carbons (Fsp3) is 0.588. The molecule has 2 rings (SSSR count). The summed E-state index contributed by atoms with van der Waals surface area (Å²) in [5, 5.41) is 3.02. The Bertz CT molecular complexity index is 454. The number of amides is 1. The Kier molecular flexibility index (Phi) is 5.62. The van der Waals surface area contributed by atoms with Crippen LogP contribution in [0.4, 0.5) is 11.4 Å². The molecule has 21 heavy (non-hydrogen) atoms. The lowest BCUT2D eigenvalue weighted by Gasteiger charge is -2.26. The van der Waals surface area contributed by atoms with Crippen molar-refractivity contribution in [2.45, 2.75) is 45.6 Å². The van der Waals surface area contributed by atoms with Crippen molar-refractivity contribution >= 4 is 17.3 Å². The summed E-state index contributed by atoms with van der Waals surface area (Å²) < 4.78 is 0.